The average Bonchev–Trinajstić information content (AvgIpc) is 3.54. The molecule has 0 spiro atoms. The molecule has 1 aromatic carbocycles. The van der Waals surface area contributed by atoms with Gasteiger partial charge in [-0.2, -0.15) is 0 Å². The van der Waals surface area contributed by atoms with Gasteiger partial charge in [-0.15, -0.1) is 0 Å². The maximum atomic E-state index is 14.9. The third-order valence-corrected chi connectivity index (χ3v) is 7.20. The largest absolute Gasteiger partial charge is 0.370 e. The van der Waals surface area contributed by atoms with E-state index in [1.165, 1.54) is 6.07 Å². The standard InChI is InChI=1S/C26H28F2N8/c1-14(2)36-15(3)32-25-20(27)6-16(7-22(25)36)24-21(28)11-31-26(34-24)33-23-5-4-19(10-30-23)35-12-17-8-29-9-18(17)13-35/h4-7,10-11,14,17-18,29H,8-9,12-13H2,1-3H3,(H,30,31,33,34). The highest BCUT2D eigenvalue weighted by molar-refractivity contribution is 5.83. The lowest BCUT2D eigenvalue weighted by Crippen LogP contribution is -2.25. The molecule has 6 rings (SSSR count). The van der Waals surface area contributed by atoms with Gasteiger partial charge in [0.1, 0.15) is 22.9 Å². The zero-order valence-electron chi connectivity index (χ0n) is 20.5. The van der Waals surface area contributed by atoms with Crippen LogP contribution >= 0.6 is 0 Å². The monoisotopic (exact) mass is 490 g/mol. The summed E-state index contributed by atoms with van der Waals surface area (Å²) < 4.78 is 31.7. The molecule has 4 aromatic rings. The molecule has 2 unspecified atom stereocenters. The number of imidazole rings is 1. The van der Waals surface area contributed by atoms with Crippen LogP contribution in [0.15, 0.2) is 36.7 Å². The molecule has 3 aromatic heterocycles. The van der Waals surface area contributed by atoms with Gasteiger partial charge < -0.3 is 20.1 Å². The van der Waals surface area contributed by atoms with Crippen LogP contribution in [0.4, 0.5) is 26.2 Å². The SMILES string of the molecule is Cc1nc2c(F)cc(-c3nc(Nc4ccc(N5CC6CNCC6C5)cn4)ncc3F)cc2n1C(C)C. The van der Waals surface area contributed by atoms with E-state index in [2.05, 4.69) is 35.5 Å². The van der Waals surface area contributed by atoms with Gasteiger partial charge in [-0.25, -0.2) is 28.7 Å². The second-order valence-electron chi connectivity index (χ2n) is 9.95. The van der Waals surface area contributed by atoms with E-state index in [1.807, 2.05) is 43.7 Å². The van der Waals surface area contributed by atoms with Crippen molar-refractivity contribution in [3.8, 4) is 11.3 Å². The fraction of sp³-hybridized carbons (Fsp3) is 0.385. The highest BCUT2D eigenvalue weighted by Gasteiger charge is 2.36. The van der Waals surface area contributed by atoms with Crippen molar-refractivity contribution in [2.75, 3.05) is 36.4 Å². The highest BCUT2D eigenvalue weighted by Crippen LogP contribution is 2.32. The van der Waals surface area contributed by atoms with E-state index in [-0.39, 0.29) is 23.2 Å². The number of fused-ring (bicyclic) bond motifs is 2. The lowest BCUT2D eigenvalue weighted by atomic mass is 10.0. The van der Waals surface area contributed by atoms with Crippen LogP contribution in [0.5, 0.6) is 0 Å². The molecule has 2 N–H and O–H groups in total. The van der Waals surface area contributed by atoms with Gasteiger partial charge in [-0.1, -0.05) is 0 Å². The van der Waals surface area contributed by atoms with Gasteiger partial charge in [0, 0.05) is 37.8 Å². The van der Waals surface area contributed by atoms with Crippen molar-refractivity contribution in [1.82, 2.24) is 29.8 Å². The minimum atomic E-state index is -0.635. The Morgan fingerprint density at radius 1 is 1.00 bits per heavy atom. The predicted molar refractivity (Wildman–Crippen MR) is 135 cm³/mol. The summed E-state index contributed by atoms with van der Waals surface area (Å²) in [6, 6.07) is 6.95. The number of anilines is 3. The number of nitrogens with zero attached hydrogens (tertiary/aromatic N) is 6. The van der Waals surface area contributed by atoms with Crippen LogP contribution in [0.2, 0.25) is 0 Å². The molecule has 0 aliphatic carbocycles. The lowest BCUT2D eigenvalue weighted by Gasteiger charge is -2.19. The fourth-order valence-electron chi connectivity index (χ4n) is 5.52. The highest BCUT2D eigenvalue weighted by atomic mass is 19.1. The minimum Gasteiger partial charge on any atom is -0.370 e. The number of aromatic nitrogens is 5. The van der Waals surface area contributed by atoms with Gasteiger partial charge in [0.2, 0.25) is 5.95 Å². The van der Waals surface area contributed by atoms with Gasteiger partial charge in [0.25, 0.3) is 0 Å². The number of hydrogen-bond acceptors (Lipinski definition) is 7. The molecule has 0 bridgehead atoms. The summed E-state index contributed by atoms with van der Waals surface area (Å²) in [6.07, 6.45) is 2.92. The van der Waals surface area contributed by atoms with Crippen molar-refractivity contribution in [3.63, 3.8) is 0 Å². The Kier molecular flexibility index (Phi) is 5.55. The van der Waals surface area contributed by atoms with Crippen LogP contribution in [-0.4, -0.2) is 50.7 Å². The van der Waals surface area contributed by atoms with Crippen LogP contribution < -0.4 is 15.5 Å². The number of aryl methyl sites for hydroxylation is 1. The first-order chi connectivity index (χ1) is 17.4. The van der Waals surface area contributed by atoms with Gasteiger partial charge in [-0.3, -0.25) is 0 Å². The Hall–Kier alpha value is -3.66. The Morgan fingerprint density at radius 2 is 1.78 bits per heavy atom. The van der Waals surface area contributed by atoms with Crippen molar-refractivity contribution in [3.05, 3.63) is 54.1 Å². The van der Waals surface area contributed by atoms with E-state index in [0.29, 0.717) is 34.6 Å². The lowest BCUT2D eigenvalue weighted by molar-refractivity contribution is 0.533. The molecule has 186 valence electrons. The summed E-state index contributed by atoms with van der Waals surface area (Å²) in [7, 11) is 0. The van der Waals surface area contributed by atoms with E-state index in [0.717, 1.165) is 38.1 Å². The Morgan fingerprint density at radius 3 is 2.47 bits per heavy atom. The van der Waals surface area contributed by atoms with E-state index in [9.17, 15) is 8.78 Å². The van der Waals surface area contributed by atoms with Gasteiger partial charge in [0.15, 0.2) is 11.6 Å². The Bertz CT molecular complexity index is 1420. The molecule has 5 heterocycles. The van der Waals surface area contributed by atoms with Crippen molar-refractivity contribution < 1.29 is 8.78 Å². The molecule has 0 radical (unpaired) electrons. The average molecular weight is 491 g/mol. The normalized spacial score (nSPS) is 19.4. The number of nitrogens with one attached hydrogen (secondary N) is 2. The Balaban J connectivity index is 1.26. The van der Waals surface area contributed by atoms with Crippen molar-refractivity contribution in [2.24, 2.45) is 11.8 Å². The van der Waals surface area contributed by atoms with Gasteiger partial charge >= 0.3 is 0 Å². The minimum absolute atomic E-state index is 0.0105. The quantitative estimate of drug-likeness (QED) is 0.428. The maximum absolute atomic E-state index is 14.9. The third kappa shape index (κ3) is 3.95. The number of halogens is 2. The number of rotatable bonds is 5. The summed E-state index contributed by atoms with van der Waals surface area (Å²) >= 11 is 0. The fourth-order valence-corrected chi connectivity index (χ4v) is 5.52. The molecule has 2 aliphatic rings. The van der Waals surface area contributed by atoms with Crippen LogP contribution in [0.25, 0.3) is 22.3 Å². The molecular formula is C26H28F2N8. The first-order valence-electron chi connectivity index (χ1n) is 12.3. The number of hydrogen-bond donors (Lipinski definition) is 2. The van der Waals surface area contributed by atoms with E-state index >= 15 is 0 Å². The van der Waals surface area contributed by atoms with Crippen molar-refractivity contribution in [2.45, 2.75) is 26.8 Å². The summed E-state index contributed by atoms with van der Waals surface area (Å²) in [5.74, 6) is 1.67. The van der Waals surface area contributed by atoms with Gasteiger partial charge in [-0.05, 0) is 56.9 Å². The van der Waals surface area contributed by atoms with Crippen LogP contribution in [0.1, 0.15) is 25.7 Å². The van der Waals surface area contributed by atoms with E-state index < -0.39 is 11.6 Å². The Labute approximate surface area is 207 Å². The molecular weight excluding hydrogens is 462 g/mol. The molecule has 0 saturated carbocycles. The molecule has 2 fully saturated rings. The van der Waals surface area contributed by atoms with Crippen LogP contribution in [-0.2, 0) is 0 Å². The summed E-state index contributed by atoms with van der Waals surface area (Å²) in [5, 5.41) is 6.50. The zero-order chi connectivity index (χ0) is 25.0. The molecule has 2 atom stereocenters. The molecule has 2 saturated heterocycles. The first kappa shape index (κ1) is 22.8. The number of pyridine rings is 1. The molecule has 0 amide bonds. The van der Waals surface area contributed by atoms with Crippen molar-refractivity contribution in [1.29, 1.82) is 0 Å². The molecule has 2 aliphatic heterocycles. The van der Waals surface area contributed by atoms with Crippen LogP contribution in [0.3, 0.4) is 0 Å². The number of benzene rings is 1. The van der Waals surface area contributed by atoms with E-state index in [4.69, 9.17) is 0 Å². The smallest absolute Gasteiger partial charge is 0.229 e. The third-order valence-electron chi connectivity index (χ3n) is 7.20. The predicted octanol–water partition coefficient (Wildman–Crippen LogP) is 4.46. The summed E-state index contributed by atoms with van der Waals surface area (Å²) in [4.78, 5) is 19.7. The van der Waals surface area contributed by atoms with Gasteiger partial charge in [0.05, 0.1) is 23.6 Å². The topological polar surface area (TPSA) is 83.8 Å². The summed E-state index contributed by atoms with van der Waals surface area (Å²) in [5.41, 5.74) is 2.28. The molecule has 8 nitrogen and oxygen atoms in total. The second kappa shape index (κ2) is 8.77. The molecule has 10 heteroatoms. The second-order valence-corrected chi connectivity index (χ2v) is 9.95. The van der Waals surface area contributed by atoms with Crippen molar-refractivity contribution >= 4 is 28.5 Å². The zero-order valence-corrected chi connectivity index (χ0v) is 20.5. The van der Waals surface area contributed by atoms with E-state index in [1.54, 1.807) is 6.07 Å². The first-order valence-corrected chi connectivity index (χ1v) is 12.3. The maximum Gasteiger partial charge on any atom is 0.229 e. The van der Waals surface area contributed by atoms with Crippen LogP contribution in [0, 0.1) is 30.4 Å². The summed E-state index contributed by atoms with van der Waals surface area (Å²) in [6.45, 7) is 10.0. The molecule has 36 heavy (non-hydrogen) atoms.